The van der Waals surface area contributed by atoms with E-state index < -0.39 is 0 Å². The Hall–Kier alpha value is -1.69. The molecule has 0 aliphatic heterocycles. The van der Waals surface area contributed by atoms with E-state index in [1.165, 1.54) is 0 Å². The number of nitrogens with zero attached hydrogens (tertiary/aromatic N) is 1. The zero-order chi connectivity index (χ0) is 8.10. The average Bonchev–Trinajstić information content (AvgIpc) is 2.03. The fourth-order valence-corrected chi connectivity index (χ4v) is 0.703. The molecule has 0 bridgehead atoms. The molecule has 0 fully saturated rings. The van der Waals surface area contributed by atoms with Crippen LogP contribution in [0.2, 0.25) is 0 Å². The number of nitrogens with one attached hydrogen (secondary N) is 1. The predicted octanol–water partition coefficient (Wildman–Crippen LogP) is 1.50. The van der Waals surface area contributed by atoms with Crippen molar-refractivity contribution in [1.29, 1.82) is 5.26 Å². The lowest BCUT2D eigenvalue weighted by Gasteiger charge is -2.02. The van der Waals surface area contributed by atoms with Crippen molar-refractivity contribution in [3.05, 3.63) is 24.3 Å². The summed E-state index contributed by atoms with van der Waals surface area (Å²) in [5, 5.41) is 8.18. The molecule has 11 heavy (non-hydrogen) atoms. The lowest BCUT2D eigenvalue weighted by Crippen LogP contribution is -1.93. The molecule has 0 atom stereocenters. The number of rotatable bonds is 2. The third kappa shape index (κ3) is 1.87. The molecule has 1 aromatic rings. The lowest BCUT2D eigenvalue weighted by molar-refractivity contribution is 0.369. The molecule has 0 heterocycles. The summed E-state index contributed by atoms with van der Waals surface area (Å²) in [6.45, 7) is -0.00407. The second kappa shape index (κ2) is 3.47. The van der Waals surface area contributed by atoms with Gasteiger partial charge in [-0.2, -0.15) is 5.26 Å². The van der Waals surface area contributed by atoms with Crippen LogP contribution in [0.3, 0.4) is 0 Å². The molecule has 1 aromatic carbocycles. The molecule has 1 radical (unpaired) electrons. The Bertz CT molecular complexity index is 278. The van der Waals surface area contributed by atoms with Crippen LogP contribution in [0.5, 0.6) is 5.75 Å². The maximum atomic E-state index is 8.18. The maximum Gasteiger partial charge on any atom is 0.174 e. The topological polar surface area (TPSA) is 56.8 Å². The van der Waals surface area contributed by atoms with Crippen molar-refractivity contribution in [1.82, 2.24) is 5.73 Å². The van der Waals surface area contributed by atoms with Crippen molar-refractivity contribution in [2.24, 2.45) is 0 Å². The Kier molecular flexibility index (Phi) is 2.34. The summed E-state index contributed by atoms with van der Waals surface area (Å²) in [7, 11) is 0. The van der Waals surface area contributed by atoms with Crippen molar-refractivity contribution < 1.29 is 4.74 Å². The molecule has 0 aliphatic rings. The zero-order valence-corrected chi connectivity index (χ0v) is 5.87. The predicted molar refractivity (Wildman–Crippen MR) is 40.3 cm³/mol. The third-order valence-electron chi connectivity index (χ3n) is 1.18. The first kappa shape index (κ1) is 7.42. The summed E-state index contributed by atoms with van der Waals surface area (Å²) < 4.78 is 4.94. The van der Waals surface area contributed by atoms with E-state index in [9.17, 15) is 0 Å². The quantitative estimate of drug-likeness (QED) is 0.636. The van der Waals surface area contributed by atoms with Crippen LogP contribution in [0.1, 0.15) is 0 Å². The molecule has 1 N–H and O–H groups in total. The van der Waals surface area contributed by atoms with Crippen LogP contribution in [0.15, 0.2) is 24.3 Å². The molecule has 0 amide bonds. The van der Waals surface area contributed by atoms with Crippen LogP contribution in [0.4, 0.5) is 5.69 Å². The highest BCUT2D eigenvalue weighted by atomic mass is 16.5. The average molecular weight is 147 g/mol. The molecule has 0 spiro atoms. The van der Waals surface area contributed by atoms with E-state index in [0.717, 1.165) is 0 Å². The standard InChI is InChI=1S/C8H7N2O/c9-5-6-11-8-4-2-1-3-7(8)10/h1-4,10H,6H2. The summed E-state index contributed by atoms with van der Waals surface area (Å²) in [4.78, 5) is 0. The van der Waals surface area contributed by atoms with E-state index in [-0.39, 0.29) is 6.61 Å². The molecule has 55 valence electrons. The van der Waals surface area contributed by atoms with Crippen LogP contribution in [0, 0.1) is 11.3 Å². The minimum Gasteiger partial charge on any atom is -0.477 e. The minimum atomic E-state index is -0.00407. The molecule has 0 saturated carbocycles. The summed E-state index contributed by atoms with van der Waals surface area (Å²) in [6.07, 6.45) is 0. The SMILES string of the molecule is N#CCOc1ccccc1[NH]. The van der Waals surface area contributed by atoms with Gasteiger partial charge in [0.25, 0.3) is 0 Å². The Balaban J connectivity index is 2.71. The van der Waals surface area contributed by atoms with Crippen LogP contribution < -0.4 is 10.5 Å². The van der Waals surface area contributed by atoms with Gasteiger partial charge < -0.3 is 4.74 Å². The van der Waals surface area contributed by atoms with Gasteiger partial charge in [0.1, 0.15) is 11.8 Å². The first-order valence-electron chi connectivity index (χ1n) is 3.15. The Morgan fingerprint density at radius 2 is 2.18 bits per heavy atom. The van der Waals surface area contributed by atoms with Crippen molar-refractivity contribution in [3.8, 4) is 11.8 Å². The van der Waals surface area contributed by atoms with Gasteiger partial charge in [-0.25, -0.2) is 0 Å². The van der Waals surface area contributed by atoms with Crippen molar-refractivity contribution in [2.45, 2.75) is 0 Å². The molecular weight excluding hydrogens is 140 g/mol. The molecule has 3 nitrogen and oxygen atoms in total. The molecule has 0 aliphatic carbocycles. The molecule has 3 heteroatoms. The molecule has 0 aromatic heterocycles. The first-order valence-corrected chi connectivity index (χ1v) is 3.15. The minimum absolute atomic E-state index is 0.00407. The van der Waals surface area contributed by atoms with Crippen LogP contribution >= 0.6 is 0 Å². The van der Waals surface area contributed by atoms with Gasteiger partial charge in [-0.15, -0.1) is 0 Å². The number of ether oxygens (including phenoxy) is 1. The Morgan fingerprint density at radius 1 is 1.45 bits per heavy atom. The lowest BCUT2D eigenvalue weighted by atomic mass is 10.3. The van der Waals surface area contributed by atoms with Gasteiger partial charge in [0.05, 0.1) is 5.69 Å². The van der Waals surface area contributed by atoms with Crippen molar-refractivity contribution in [3.63, 3.8) is 0 Å². The van der Waals surface area contributed by atoms with Crippen LogP contribution in [-0.4, -0.2) is 6.61 Å². The third-order valence-corrected chi connectivity index (χ3v) is 1.18. The van der Waals surface area contributed by atoms with E-state index in [0.29, 0.717) is 11.4 Å². The van der Waals surface area contributed by atoms with Gasteiger partial charge >= 0.3 is 0 Å². The summed E-state index contributed by atoms with van der Waals surface area (Å²) >= 11 is 0. The highest BCUT2D eigenvalue weighted by Crippen LogP contribution is 2.20. The van der Waals surface area contributed by atoms with E-state index in [1.807, 2.05) is 6.07 Å². The molecule has 0 saturated heterocycles. The molecule has 1 rings (SSSR count). The summed E-state index contributed by atoms with van der Waals surface area (Å²) in [5.74, 6) is 0.453. The second-order valence-corrected chi connectivity index (χ2v) is 1.94. The van der Waals surface area contributed by atoms with Gasteiger partial charge in [-0.3, -0.25) is 5.73 Å². The number of hydrogen-bond acceptors (Lipinski definition) is 2. The van der Waals surface area contributed by atoms with Gasteiger partial charge in [-0.1, -0.05) is 12.1 Å². The number of nitriles is 1. The number of para-hydroxylation sites is 1. The molecular formula is C8H7N2O. The number of hydrogen-bond donors (Lipinski definition) is 0. The van der Waals surface area contributed by atoms with Gasteiger partial charge in [0.2, 0.25) is 0 Å². The first-order chi connectivity index (χ1) is 5.34. The Labute approximate surface area is 65.0 Å². The van der Waals surface area contributed by atoms with Gasteiger partial charge in [0.15, 0.2) is 6.61 Å². The largest absolute Gasteiger partial charge is 0.477 e. The smallest absolute Gasteiger partial charge is 0.174 e. The van der Waals surface area contributed by atoms with Crippen molar-refractivity contribution >= 4 is 5.69 Å². The summed E-state index contributed by atoms with van der Waals surface area (Å²) in [6, 6.07) is 8.64. The van der Waals surface area contributed by atoms with E-state index in [2.05, 4.69) is 0 Å². The summed E-state index contributed by atoms with van der Waals surface area (Å²) in [5.41, 5.74) is 7.62. The van der Waals surface area contributed by atoms with Crippen LogP contribution in [-0.2, 0) is 0 Å². The van der Waals surface area contributed by atoms with E-state index in [4.69, 9.17) is 15.7 Å². The van der Waals surface area contributed by atoms with Gasteiger partial charge in [-0.05, 0) is 12.1 Å². The Morgan fingerprint density at radius 3 is 2.82 bits per heavy atom. The van der Waals surface area contributed by atoms with Crippen molar-refractivity contribution in [2.75, 3.05) is 6.61 Å². The monoisotopic (exact) mass is 147 g/mol. The second-order valence-electron chi connectivity index (χ2n) is 1.94. The normalized spacial score (nSPS) is 8.64. The fourth-order valence-electron chi connectivity index (χ4n) is 0.703. The maximum absolute atomic E-state index is 8.18. The fraction of sp³-hybridized carbons (Fsp3) is 0.125. The zero-order valence-electron chi connectivity index (χ0n) is 5.87. The highest BCUT2D eigenvalue weighted by Gasteiger charge is 1.96. The molecule has 0 unspecified atom stereocenters. The van der Waals surface area contributed by atoms with Gasteiger partial charge in [0, 0.05) is 0 Å². The van der Waals surface area contributed by atoms with E-state index in [1.54, 1.807) is 24.3 Å². The van der Waals surface area contributed by atoms with Crippen LogP contribution in [0.25, 0.3) is 0 Å². The van der Waals surface area contributed by atoms with E-state index >= 15 is 0 Å². The highest BCUT2D eigenvalue weighted by molar-refractivity contribution is 5.48. The number of benzene rings is 1.